The largest absolute Gasteiger partial charge is 0.497 e. The zero-order chi connectivity index (χ0) is 20.8. The normalized spacial score (nSPS) is 10.2. The number of para-hydroxylation sites is 1. The van der Waals surface area contributed by atoms with Gasteiger partial charge in [-0.25, -0.2) is 0 Å². The lowest BCUT2D eigenvalue weighted by molar-refractivity contribution is 0.102. The number of carbonyl (C=O) groups excluding carboxylic acids is 2. The van der Waals surface area contributed by atoms with E-state index < -0.39 is 0 Å². The van der Waals surface area contributed by atoms with Crippen LogP contribution in [0.2, 0.25) is 0 Å². The van der Waals surface area contributed by atoms with Gasteiger partial charge in [-0.15, -0.1) is 0 Å². The highest BCUT2D eigenvalue weighted by molar-refractivity contribution is 6.12. The van der Waals surface area contributed by atoms with Gasteiger partial charge in [0.15, 0.2) is 0 Å². The minimum absolute atomic E-state index is 0.278. The second-order valence-corrected chi connectivity index (χ2v) is 6.62. The van der Waals surface area contributed by atoms with Crippen molar-refractivity contribution in [3.05, 3.63) is 83.9 Å². The highest BCUT2D eigenvalue weighted by atomic mass is 16.5. The second kappa shape index (κ2) is 8.93. The molecule has 2 N–H and O–H groups in total. The van der Waals surface area contributed by atoms with Crippen LogP contribution in [0.25, 0.3) is 0 Å². The van der Waals surface area contributed by atoms with Gasteiger partial charge in [-0.1, -0.05) is 12.1 Å². The second-order valence-electron chi connectivity index (χ2n) is 6.62. The van der Waals surface area contributed by atoms with Gasteiger partial charge < -0.3 is 20.3 Å². The minimum Gasteiger partial charge on any atom is -0.497 e. The first-order chi connectivity index (χ1) is 14.0. The predicted molar refractivity (Wildman–Crippen MR) is 116 cm³/mol. The lowest BCUT2D eigenvalue weighted by Gasteiger charge is -2.14. The third kappa shape index (κ3) is 4.93. The van der Waals surface area contributed by atoms with Crippen LogP contribution in [-0.2, 0) is 0 Å². The Morgan fingerprint density at radius 3 is 2.07 bits per heavy atom. The average Bonchev–Trinajstić information content (AvgIpc) is 2.74. The molecule has 3 aromatic carbocycles. The van der Waals surface area contributed by atoms with Crippen molar-refractivity contribution in [1.29, 1.82) is 0 Å². The number of nitrogens with one attached hydrogen (secondary N) is 2. The summed E-state index contributed by atoms with van der Waals surface area (Å²) in [6, 6.07) is 21.2. The number of anilines is 3. The standard InChI is InChI=1S/C23H23N3O3/c1-26(2)18-12-8-16(9-13-18)22(27)25-21-7-5-4-6-20(21)23(28)24-17-10-14-19(29-3)15-11-17/h4-15H,1-3H3,(H,24,28)(H,25,27). The first-order valence-corrected chi connectivity index (χ1v) is 9.11. The third-order valence-corrected chi connectivity index (χ3v) is 4.41. The Labute approximate surface area is 170 Å². The number of rotatable bonds is 6. The molecule has 0 saturated carbocycles. The van der Waals surface area contributed by atoms with Crippen molar-refractivity contribution in [2.75, 3.05) is 36.7 Å². The molecule has 0 aromatic heterocycles. The predicted octanol–water partition coefficient (Wildman–Crippen LogP) is 4.27. The van der Waals surface area contributed by atoms with E-state index in [1.807, 2.05) is 31.1 Å². The summed E-state index contributed by atoms with van der Waals surface area (Å²) in [5.41, 5.74) is 2.97. The van der Waals surface area contributed by atoms with E-state index in [0.29, 0.717) is 28.3 Å². The molecule has 0 aliphatic rings. The summed E-state index contributed by atoms with van der Waals surface area (Å²) in [7, 11) is 5.46. The molecule has 0 saturated heterocycles. The van der Waals surface area contributed by atoms with E-state index in [1.54, 1.807) is 67.8 Å². The van der Waals surface area contributed by atoms with E-state index in [9.17, 15) is 9.59 Å². The summed E-state index contributed by atoms with van der Waals surface area (Å²) >= 11 is 0. The molecule has 0 heterocycles. The third-order valence-electron chi connectivity index (χ3n) is 4.41. The summed E-state index contributed by atoms with van der Waals surface area (Å²) in [6.45, 7) is 0. The van der Waals surface area contributed by atoms with Crippen LogP contribution >= 0.6 is 0 Å². The van der Waals surface area contributed by atoms with E-state index in [4.69, 9.17) is 4.74 Å². The Balaban J connectivity index is 1.75. The van der Waals surface area contributed by atoms with Crippen molar-refractivity contribution in [2.24, 2.45) is 0 Å². The zero-order valence-electron chi connectivity index (χ0n) is 16.6. The van der Waals surface area contributed by atoms with Gasteiger partial charge in [0, 0.05) is 31.0 Å². The number of methoxy groups -OCH3 is 1. The first kappa shape index (κ1) is 19.9. The highest BCUT2D eigenvalue weighted by Gasteiger charge is 2.14. The van der Waals surface area contributed by atoms with Gasteiger partial charge in [0.1, 0.15) is 5.75 Å². The molecule has 0 unspecified atom stereocenters. The van der Waals surface area contributed by atoms with Crippen LogP contribution in [0.3, 0.4) is 0 Å². The lowest BCUT2D eigenvalue weighted by atomic mass is 10.1. The van der Waals surface area contributed by atoms with Gasteiger partial charge in [-0.3, -0.25) is 9.59 Å². The van der Waals surface area contributed by atoms with Crippen LogP contribution in [0.5, 0.6) is 5.75 Å². The Hall–Kier alpha value is -3.80. The maximum Gasteiger partial charge on any atom is 0.257 e. The Morgan fingerprint density at radius 1 is 0.793 bits per heavy atom. The topological polar surface area (TPSA) is 70.7 Å². The molecule has 6 nitrogen and oxygen atoms in total. The van der Waals surface area contributed by atoms with Crippen molar-refractivity contribution in [2.45, 2.75) is 0 Å². The molecule has 0 fully saturated rings. The lowest BCUT2D eigenvalue weighted by Crippen LogP contribution is -2.18. The zero-order valence-corrected chi connectivity index (χ0v) is 16.6. The quantitative estimate of drug-likeness (QED) is 0.661. The van der Waals surface area contributed by atoms with Crippen molar-refractivity contribution in [3.63, 3.8) is 0 Å². The number of hydrogen-bond donors (Lipinski definition) is 2. The number of carbonyl (C=O) groups is 2. The highest BCUT2D eigenvalue weighted by Crippen LogP contribution is 2.21. The number of hydrogen-bond acceptors (Lipinski definition) is 4. The first-order valence-electron chi connectivity index (χ1n) is 9.11. The average molecular weight is 389 g/mol. The Morgan fingerprint density at radius 2 is 1.45 bits per heavy atom. The molecule has 3 aromatic rings. The summed E-state index contributed by atoms with van der Waals surface area (Å²) < 4.78 is 5.12. The molecular formula is C23H23N3O3. The van der Waals surface area contributed by atoms with E-state index in [2.05, 4.69) is 10.6 Å². The number of benzene rings is 3. The molecule has 0 aliphatic heterocycles. The van der Waals surface area contributed by atoms with E-state index in [1.165, 1.54) is 0 Å². The molecule has 0 aliphatic carbocycles. The van der Waals surface area contributed by atoms with Gasteiger partial charge in [0.2, 0.25) is 0 Å². The van der Waals surface area contributed by atoms with Crippen molar-refractivity contribution in [3.8, 4) is 5.75 Å². The van der Waals surface area contributed by atoms with Gasteiger partial charge in [0.05, 0.1) is 18.4 Å². The van der Waals surface area contributed by atoms with Crippen molar-refractivity contribution >= 4 is 28.9 Å². The fraction of sp³-hybridized carbons (Fsp3) is 0.130. The molecule has 148 valence electrons. The van der Waals surface area contributed by atoms with Crippen LogP contribution in [0.15, 0.2) is 72.8 Å². The fourth-order valence-electron chi connectivity index (χ4n) is 2.77. The number of ether oxygens (including phenoxy) is 1. The van der Waals surface area contributed by atoms with E-state index in [0.717, 1.165) is 5.69 Å². The van der Waals surface area contributed by atoms with Crippen LogP contribution in [0.1, 0.15) is 20.7 Å². The van der Waals surface area contributed by atoms with E-state index >= 15 is 0 Å². The molecule has 0 radical (unpaired) electrons. The summed E-state index contributed by atoms with van der Waals surface area (Å²) in [4.78, 5) is 27.3. The molecular weight excluding hydrogens is 366 g/mol. The molecule has 6 heteroatoms. The summed E-state index contributed by atoms with van der Waals surface area (Å²) in [6.07, 6.45) is 0. The molecule has 29 heavy (non-hydrogen) atoms. The SMILES string of the molecule is COc1ccc(NC(=O)c2ccccc2NC(=O)c2ccc(N(C)C)cc2)cc1. The van der Waals surface area contributed by atoms with E-state index in [-0.39, 0.29) is 11.8 Å². The maximum absolute atomic E-state index is 12.7. The summed E-state index contributed by atoms with van der Waals surface area (Å²) in [5.74, 6) is 0.116. The van der Waals surface area contributed by atoms with Gasteiger partial charge in [-0.05, 0) is 60.7 Å². The molecule has 0 bridgehead atoms. The van der Waals surface area contributed by atoms with Gasteiger partial charge in [0.25, 0.3) is 11.8 Å². The Bertz CT molecular complexity index is 997. The van der Waals surface area contributed by atoms with Crippen molar-refractivity contribution in [1.82, 2.24) is 0 Å². The number of amides is 2. The molecule has 2 amide bonds. The van der Waals surface area contributed by atoms with Crippen LogP contribution in [0.4, 0.5) is 17.1 Å². The maximum atomic E-state index is 12.7. The number of nitrogens with zero attached hydrogens (tertiary/aromatic N) is 1. The van der Waals surface area contributed by atoms with Gasteiger partial charge >= 0.3 is 0 Å². The van der Waals surface area contributed by atoms with Crippen LogP contribution in [0, 0.1) is 0 Å². The van der Waals surface area contributed by atoms with Gasteiger partial charge in [-0.2, -0.15) is 0 Å². The summed E-state index contributed by atoms with van der Waals surface area (Å²) in [5, 5.41) is 5.66. The molecule has 0 spiro atoms. The van der Waals surface area contributed by atoms with Crippen LogP contribution < -0.4 is 20.3 Å². The monoisotopic (exact) mass is 389 g/mol. The minimum atomic E-state index is -0.311. The fourth-order valence-corrected chi connectivity index (χ4v) is 2.77. The van der Waals surface area contributed by atoms with Crippen LogP contribution in [-0.4, -0.2) is 33.0 Å². The smallest absolute Gasteiger partial charge is 0.257 e. The molecule has 0 atom stereocenters. The van der Waals surface area contributed by atoms with Crippen molar-refractivity contribution < 1.29 is 14.3 Å². The molecule has 3 rings (SSSR count). The Kier molecular flexibility index (Phi) is 6.14.